The molecule has 1 aromatic heterocycles. The minimum Gasteiger partial charge on any atom is -0.411 e. The van der Waals surface area contributed by atoms with Crippen molar-refractivity contribution in [2.45, 2.75) is 90.2 Å². The monoisotopic (exact) mass is 660 g/mol. The Morgan fingerprint density at radius 3 is 2.30 bits per heavy atom. The maximum atomic E-state index is 13.7. The average molecular weight is 661 g/mol. The molecule has 0 aliphatic carbocycles. The zero-order valence-corrected chi connectivity index (χ0v) is 30.4. The lowest BCUT2D eigenvalue weighted by Gasteiger charge is -2.42. The predicted molar refractivity (Wildman–Crippen MR) is 190 cm³/mol. The van der Waals surface area contributed by atoms with Crippen molar-refractivity contribution in [1.29, 1.82) is 0 Å². The van der Waals surface area contributed by atoms with Crippen LogP contribution < -0.4 is 4.90 Å². The highest BCUT2D eigenvalue weighted by molar-refractivity contribution is 6.74. The Hall–Kier alpha value is -2.95. The minimum absolute atomic E-state index is 0.0303. The largest absolute Gasteiger partial charge is 0.411 e. The van der Waals surface area contributed by atoms with Gasteiger partial charge in [-0.15, -0.1) is 0 Å². The van der Waals surface area contributed by atoms with Gasteiger partial charge in [-0.05, 0) is 73.5 Å². The van der Waals surface area contributed by atoms with Crippen LogP contribution in [0.1, 0.15) is 63.3 Å². The van der Waals surface area contributed by atoms with Crippen LogP contribution in [-0.4, -0.2) is 110 Å². The maximum Gasteiger partial charge on any atom is 0.320 e. The van der Waals surface area contributed by atoms with E-state index in [2.05, 4.69) is 85.0 Å². The number of aromatic nitrogens is 1. The van der Waals surface area contributed by atoms with Crippen LogP contribution in [0.5, 0.6) is 0 Å². The van der Waals surface area contributed by atoms with Crippen LogP contribution in [0.4, 0.5) is 10.5 Å². The molecule has 9 nitrogen and oxygen atoms in total. The summed E-state index contributed by atoms with van der Waals surface area (Å²) >= 11 is 0. The van der Waals surface area contributed by atoms with E-state index in [9.17, 15) is 9.59 Å². The van der Waals surface area contributed by atoms with Gasteiger partial charge >= 0.3 is 6.03 Å². The Bertz CT molecular complexity index is 1380. The molecule has 1 aromatic carbocycles. The molecule has 256 valence electrons. The molecular formula is C37H56N6O3Si. The Kier molecular flexibility index (Phi) is 10.3. The number of rotatable bonds is 10. The molecule has 0 bridgehead atoms. The number of fused-ring (bicyclic) bond motifs is 1. The van der Waals surface area contributed by atoms with Crippen molar-refractivity contribution in [2.24, 2.45) is 5.92 Å². The van der Waals surface area contributed by atoms with Crippen molar-refractivity contribution < 1.29 is 14.0 Å². The second kappa shape index (κ2) is 14.3. The first kappa shape index (κ1) is 33.9. The summed E-state index contributed by atoms with van der Waals surface area (Å²) in [5.41, 5.74) is 4.86. The molecule has 6 rings (SSSR count). The third-order valence-electron chi connectivity index (χ3n) is 11.3. The number of piperidine rings is 1. The van der Waals surface area contributed by atoms with Crippen LogP contribution in [-0.2, 0) is 28.7 Å². The maximum absolute atomic E-state index is 13.7. The Balaban J connectivity index is 1.03. The highest BCUT2D eigenvalue weighted by Gasteiger charge is 2.41. The summed E-state index contributed by atoms with van der Waals surface area (Å²) in [5.74, 6) is 0.513. The normalized spacial score (nSPS) is 20.7. The fourth-order valence-electron chi connectivity index (χ4n) is 7.39. The number of urea groups is 1. The van der Waals surface area contributed by atoms with Gasteiger partial charge in [0.25, 0.3) is 0 Å². The molecule has 47 heavy (non-hydrogen) atoms. The van der Waals surface area contributed by atoms with E-state index in [1.54, 1.807) is 0 Å². The van der Waals surface area contributed by atoms with Gasteiger partial charge in [-0.3, -0.25) is 14.7 Å². The number of amides is 3. The van der Waals surface area contributed by atoms with Gasteiger partial charge < -0.3 is 24.0 Å². The number of nitrogens with zero attached hydrogens (tertiary/aromatic N) is 6. The molecule has 4 aliphatic rings. The van der Waals surface area contributed by atoms with E-state index in [0.29, 0.717) is 32.1 Å². The second-order valence-electron chi connectivity index (χ2n) is 15.7. The van der Waals surface area contributed by atoms with Crippen molar-refractivity contribution in [1.82, 2.24) is 24.6 Å². The molecule has 5 heterocycles. The Labute approximate surface area is 283 Å². The molecule has 4 aliphatic heterocycles. The first-order valence-corrected chi connectivity index (χ1v) is 20.9. The summed E-state index contributed by atoms with van der Waals surface area (Å²) in [6.07, 6.45) is 7.06. The van der Waals surface area contributed by atoms with Crippen molar-refractivity contribution in [3.05, 3.63) is 59.4 Å². The standard InChI is InChI=1S/C37H56N6O3Si/c1-37(2,3)47(4,5)46-34(27-39-19-14-29-10-6-7-11-31(29)25-39)28-43-23-22-42(36(43)45)26-32-12-13-33(24-38-32)40-20-15-30(16-21-40)35(44)41-17-8-9-18-41/h6-7,10-13,24,30,34H,8-9,14-23,25-28H2,1-5H3/t34-/m1/s1. The van der Waals surface area contributed by atoms with Crippen LogP contribution >= 0.6 is 0 Å². The van der Waals surface area contributed by atoms with E-state index in [1.165, 1.54) is 11.1 Å². The molecule has 1 atom stereocenters. The molecule has 3 amide bonds. The van der Waals surface area contributed by atoms with Gasteiger partial charge in [-0.2, -0.15) is 0 Å². The van der Waals surface area contributed by atoms with E-state index >= 15 is 0 Å². The number of hydrogen-bond acceptors (Lipinski definition) is 6. The fourth-order valence-corrected chi connectivity index (χ4v) is 8.73. The molecule has 2 aromatic rings. The highest BCUT2D eigenvalue weighted by atomic mass is 28.4. The smallest absolute Gasteiger partial charge is 0.320 e. The lowest BCUT2D eigenvalue weighted by molar-refractivity contribution is -0.135. The fraction of sp³-hybridized carbons (Fsp3) is 0.649. The third-order valence-corrected chi connectivity index (χ3v) is 15.9. The first-order valence-electron chi connectivity index (χ1n) is 18.0. The molecule has 10 heteroatoms. The highest BCUT2D eigenvalue weighted by Crippen LogP contribution is 2.38. The van der Waals surface area contributed by atoms with Gasteiger partial charge in [0, 0.05) is 71.4 Å². The number of likely N-dealkylation sites (tertiary alicyclic amines) is 1. The Morgan fingerprint density at radius 1 is 0.915 bits per heavy atom. The van der Waals surface area contributed by atoms with Crippen LogP contribution in [0.2, 0.25) is 18.1 Å². The molecule has 3 saturated heterocycles. The van der Waals surface area contributed by atoms with Gasteiger partial charge in [0.15, 0.2) is 8.32 Å². The number of hydrogen-bond donors (Lipinski definition) is 0. The van der Waals surface area contributed by atoms with Crippen LogP contribution in [0.15, 0.2) is 42.6 Å². The van der Waals surface area contributed by atoms with E-state index in [-0.39, 0.29) is 23.1 Å². The van der Waals surface area contributed by atoms with E-state index in [1.807, 2.05) is 16.0 Å². The van der Waals surface area contributed by atoms with E-state index < -0.39 is 8.32 Å². The van der Waals surface area contributed by atoms with Gasteiger partial charge in [0.2, 0.25) is 5.91 Å². The van der Waals surface area contributed by atoms with Gasteiger partial charge in [0.05, 0.1) is 30.2 Å². The number of carbonyl (C=O) groups is 2. The third kappa shape index (κ3) is 8.03. The molecule has 0 radical (unpaired) electrons. The zero-order valence-electron chi connectivity index (χ0n) is 29.4. The molecule has 3 fully saturated rings. The van der Waals surface area contributed by atoms with Crippen molar-refractivity contribution in [3.63, 3.8) is 0 Å². The van der Waals surface area contributed by atoms with Crippen LogP contribution in [0, 0.1) is 5.92 Å². The summed E-state index contributed by atoms with van der Waals surface area (Å²) < 4.78 is 7.02. The van der Waals surface area contributed by atoms with E-state index in [0.717, 1.165) is 89.3 Å². The van der Waals surface area contributed by atoms with Crippen molar-refractivity contribution in [3.8, 4) is 0 Å². The van der Waals surface area contributed by atoms with Gasteiger partial charge in [-0.1, -0.05) is 45.0 Å². The SMILES string of the molecule is CC(C)(C)[Si](C)(C)O[C@H](CN1CCc2ccccc2C1)CN1CCN(Cc2ccc(N3CCC(C(=O)N4CCCC4)CC3)cn2)C1=O. The number of pyridine rings is 1. The Morgan fingerprint density at radius 2 is 1.62 bits per heavy atom. The van der Waals surface area contributed by atoms with Gasteiger partial charge in [0.1, 0.15) is 0 Å². The van der Waals surface area contributed by atoms with Crippen molar-refractivity contribution >= 4 is 25.9 Å². The van der Waals surface area contributed by atoms with Gasteiger partial charge in [-0.25, -0.2) is 4.79 Å². The van der Waals surface area contributed by atoms with Crippen LogP contribution in [0.25, 0.3) is 0 Å². The second-order valence-corrected chi connectivity index (χ2v) is 20.5. The lowest BCUT2D eigenvalue weighted by atomic mass is 9.95. The minimum atomic E-state index is -2.04. The summed E-state index contributed by atoms with van der Waals surface area (Å²) in [5, 5.41) is 0.0968. The average Bonchev–Trinajstić information content (AvgIpc) is 3.71. The summed E-state index contributed by atoms with van der Waals surface area (Å²) in [6.45, 7) is 20.4. The number of anilines is 1. The molecule has 0 unspecified atom stereocenters. The topological polar surface area (TPSA) is 72.5 Å². The number of carbonyl (C=O) groups excluding carboxylic acids is 2. The van der Waals surface area contributed by atoms with Crippen LogP contribution in [0.3, 0.4) is 0 Å². The summed E-state index contributed by atoms with van der Waals surface area (Å²) in [7, 11) is -2.04. The lowest BCUT2D eigenvalue weighted by Crippen LogP contribution is -2.51. The first-order chi connectivity index (χ1) is 22.5. The van der Waals surface area contributed by atoms with E-state index in [4.69, 9.17) is 9.41 Å². The molecule has 0 spiro atoms. The molecule has 0 saturated carbocycles. The zero-order chi connectivity index (χ0) is 33.2. The predicted octanol–water partition coefficient (Wildman–Crippen LogP) is 5.61. The molecular weight excluding hydrogens is 605 g/mol. The van der Waals surface area contributed by atoms with Crippen molar-refractivity contribution in [2.75, 3.05) is 63.8 Å². The quantitative estimate of drug-likeness (QED) is 0.309. The molecule has 0 N–H and O–H groups in total. The number of benzene rings is 1. The summed E-state index contributed by atoms with van der Waals surface area (Å²) in [6, 6.07) is 13.0. The summed E-state index contributed by atoms with van der Waals surface area (Å²) in [4.78, 5) is 42.1.